The molecule has 0 atom stereocenters. The average molecular weight is 420 g/mol. The van der Waals surface area contributed by atoms with Crippen LogP contribution in [-0.4, -0.2) is 22.5 Å². The van der Waals surface area contributed by atoms with Gasteiger partial charge in [0.05, 0.1) is 21.4 Å². The van der Waals surface area contributed by atoms with Crippen molar-refractivity contribution in [1.82, 2.24) is 9.55 Å². The summed E-state index contributed by atoms with van der Waals surface area (Å²) in [6.45, 7) is 1.92. The van der Waals surface area contributed by atoms with Gasteiger partial charge in [0, 0.05) is 34.1 Å². The van der Waals surface area contributed by atoms with E-state index in [1.165, 1.54) is 18.2 Å². The van der Waals surface area contributed by atoms with E-state index in [2.05, 4.69) is 4.98 Å². The standard InChI is InChI=1S/C22H16N2O5S/c1-11-3-5-17-13(7-11)21(25)14-10-20-16(9-18(14)23-17)22(26)15-8-12(30(27,28)29)4-6-19(15)24(20)2/h3-10H,1-2H3,(H,23,25)(H,27,28,29). The topological polar surface area (TPSA) is 109 Å². The first-order valence-corrected chi connectivity index (χ1v) is 10.6. The van der Waals surface area contributed by atoms with Crippen molar-refractivity contribution < 1.29 is 13.0 Å². The zero-order valence-electron chi connectivity index (χ0n) is 16.1. The predicted octanol–water partition coefficient (Wildman–Crippen LogP) is 3.24. The van der Waals surface area contributed by atoms with E-state index in [0.29, 0.717) is 38.2 Å². The van der Waals surface area contributed by atoms with Crippen molar-refractivity contribution in [3.8, 4) is 0 Å². The van der Waals surface area contributed by atoms with Crippen molar-refractivity contribution in [2.45, 2.75) is 11.8 Å². The van der Waals surface area contributed by atoms with Gasteiger partial charge < -0.3 is 9.55 Å². The molecule has 0 unspecified atom stereocenters. The molecule has 0 amide bonds. The van der Waals surface area contributed by atoms with Crippen LogP contribution < -0.4 is 10.9 Å². The van der Waals surface area contributed by atoms with E-state index in [9.17, 15) is 22.6 Å². The van der Waals surface area contributed by atoms with Crippen molar-refractivity contribution >= 4 is 53.7 Å². The molecular weight excluding hydrogens is 404 g/mol. The van der Waals surface area contributed by atoms with Crippen molar-refractivity contribution in [3.63, 3.8) is 0 Å². The van der Waals surface area contributed by atoms with E-state index in [4.69, 9.17) is 0 Å². The highest BCUT2D eigenvalue weighted by Gasteiger charge is 2.16. The molecule has 0 saturated carbocycles. The van der Waals surface area contributed by atoms with Gasteiger partial charge in [-0.05, 0) is 49.4 Å². The molecule has 2 N–H and O–H groups in total. The smallest absolute Gasteiger partial charge is 0.294 e. The number of fused-ring (bicyclic) bond motifs is 4. The zero-order chi connectivity index (χ0) is 21.4. The molecule has 0 bridgehead atoms. The first-order valence-electron chi connectivity index (χ1n) is 9.15. The second-order valence-electron chi connectivity index (χ2n) is 7.46. The minimum Gasteiger partial charge on any atom is -0.354 e. The number of nitrogens with zero attached hydrogens (tertiary/aromatic N) is 1. The van der Waals surface area contributed by atoms with Crippen LogP contribution in [-0.2, 0) is 17.2 Å². The summed E-state index contributed by atoms with van der Waals surface area (Å²) >= 11 is 0. The van der Waals surface area contributed by atoms with Crippen LogP contribution in [0, 0.1) is 6.92 Å². The fourth-order valence-electron chi connectivity index (χ4n) is 4.01. The van der Waals surface area contributed by atoms with E-state index >= 15 is 0 Å². The number of hydrogen-bond donors (Lipinski definition) is 2. The van der Waals surface area contributed by atoms with Gasteiger partial charge in [-0.2, -0.15) is 8.42 Å². The highest BCUT2D eigenvalue weighted by atomic mass is 32.2. The Morgan fingerprint density at radius 1 is 0.800 bits per heavy atom. The largest absolute Gasteiger partial charge is 0.354 e. The summed E-state index contributed by atoms with van der Waals surface area (Å²) in [7, 11) is -2.70. The predicted molar refractivity (Wildman–Crippen MR) is 117 cm³/mol. The molecule has 7 nitrogen and oxygen atoms in total. The van der Waals surface area contributed by atoms with Crippen LogP contribution in [0.5, 0.6) is 0 Å². The van der Waals surface area contributed by atoms with E-state index in [1.807, 2.05) is 25.1 Å². The SMILES string of the molecule is Cc1ccc2[nH]c3cc4c(=O)c5cc(S(=O)(=O)O)ccc5n(C)c4cc3c(=O)c2c1. The van der Waals surface area contributed by atoms with Gasteiger partial charge in [0.1, 0.15) is 0 Å². The summed E-state index contributed by atoms with van der Waals surface area (Å²) in [5, 5.41) is 1.54. The quantitative estimate of drug-likeness (QED) is 0.320. The van der Waals surface area contributed by atoms with Crippen LogP contribution in [0.2, 0.25) is 0 Å². The van der Waals surface area contributed by atoms with Crippen molar-refractivity contribution in [3.05, 3.63) is 74.5 Å². The Balaban J connectivity index is 1.98. The minimum atomic E-state index is -4.44. The molecule has 2 heterocycles. The minimum absolute atomic E-state index is 0.126. The molecule has 0 radical (unpaired) electrons. The second-order valence-corrected chi connectivity index (χ2v) is 8.88. The molecule has 2 aromatic heterocycles. The maximum Gasteiger partial charge on any atom is 0.294 e. The molecule has 0 fully saturated rings. The number of benzene rings is 3. The van der Waals surface area contributed by atoms with Crippen molar-refractivity contribution in [2.75, 3.05) is 0 Å². The fourth-order valence-corrected chi connectivity index (χ4v) is 4.52. The van der Waals surface area contributed by atoms with Gasteiger partial charge in [0.15, 0.2) is 10.9 Å². The second kappa shape index (κ2) is 6.01. The van der Waals surface area contributed by atoms with Gasteiger partial charge in [0.2, 0.25) is 0 Å². The van der Waals surface area contributed by atoms with Crippen LogP contribution in [0.4, 0.5) is 0 Å². The molecule has 5 aromatic rings. The van der Waals surface area contributed by atoms with Gasteiger partial charge in [-0.3, -0.25) is 14.1 Å². The summed E-state index contributed by atoms with van der Waals surface area (Å²) in [4.78, 5) is 29.1. The maximum absolute atomic E-state index is 13.2. The number of H-pyrrole nitrogens is 1. The Morgan fingerprint density at radius 3 is 2.20 bits per heavy atom. The zero-order valence-corrected chi connectivity index (χ0v) is 16.9. The highest BCUT2D eigenvalue weighted by Crippen LogP contribution is 2.25. The number of aromatic nitrogens is 2. The third kappa shape index (κ3) is 2.58. The Hall–Kier alpha value is -3.49. The number of rotatable bonds is 1. The summed E-state index contributed by atoms with van der Waals surface area (Å²) in [5.74, 6) is 0. The number of aromatic amines is 1. The van der Waals surface area contributed by atoms with E-state index in [0.717, 1.165) is 5.56 Å². The summed E-state index contributed by atoms with van der Waals surface area (Å²) in [6, 6.07) is 12.7. The van der Waals surface area contributed by atoms with Crippen LogP contribution in [0.15, 0.2) is 63.0 Å². The summed E-state index contributed by atoms with van der Waals surface area (Å²) in [5.41, 5.74) is 2.70. The van der Waals surface area contributed by atoms with E-state index in [-0.39, 0.29) is 21.1 Å². The Labute approximate surface area is 169 Å². The lowest BCUT2D eigenvalue weighted by atomic mass is 10.0. The van der Waals surface area contributed by atoms with Crippen molar-refractivity contribution in [1.29, 1.82) is 0 Å². The molecular formula is C22H16N2O5S. The summed E-state index contributed by atoms with van der Waals surface area (Å²) < 4.78 is 34.1. The molecule has 30 heavy (non-hydrogen) atoms. The van der Waals surface area contributed by atoms with Crippen LogP contribution in [0.3, 0.4) is 0 Å². The first-order chi connectivity index (χ1) is 14.1. The van der Waals surface area contributed by atoms with Gasteiger partial charge in [-0.1, -0.05) is 11.6 Å². The van der Waals surface area contributed by atoms with Crippen molar-refractivity contribution in [2.24, 2.45) is 7.05 Å². The maximum atomic E-state index is 13.2. The number of hydrogen-bond acceptors (Lipinski definition) is 4. The molecule has 8 heteroatoms. The Bertz CT molecular complexity index is 1780. The van der Waals surface area contributed by atoms with Crippen LogP contribution >= 0.6 is 0 Å². The van der Waals surface area contributed by atoms with Crippen LogP contribution in [0.25, 0.3) is 43.6 Å². The van der Waals surface area contributed by atoms with Gasteiger partial charge in [-0.25, -0.2) is 0 Å². The Morgan fingerprint density at radius 2 is 1.47 bits per heavy atom. The number of nitrogens with one attached hydrogen (secondary N) is 1. The van der Waals surface area contributed by atoms with Gasteiger partial charge in [0.25, 0.3) is 10.1 Å². The first kappa shape index (κ1) is 18.5. The molecule has 0 aliphatic rings. The fraction of sp³-hybridized carbons (Fsp3) is 0.0909. The Kier molecular flexibility index (Phi) is 3.71. The monoisotopic (exact) mass is 420 g/mol. The lowest BCUT2D eigenvalue weighted by Crippen LogP contribution is -2.12. The third-order valence-electron chi connectivity index (χ3n) is 5.55. The lowest BCUT2D eigenvalue weighted by molar-refractivity contribution is 0.483. The summed E-state index contributed by atoms with van der Waals surface area (Å²) in [6.07, 6.45) is 0. The number of aryl methyl sites for hydroxylation is 2. The normalized spacial score (nSPS) is 12.4. The molecule has 5 rings (SSSR count). The molecule has 3 aromatic carbocycles. The van der Waals surface area contributed by atoms with Gasteiger partial charge >= 0.3 is 0 Å². The molecule has 0 spiro atoms. The molecule has 150 valence electrons. The van der Waals surface area contributed by atoms with E-state index < -0.39 is 10.1 Å². The molecule has 0 saturated heterocycles. The van der Waals surface area contributed by atoms with Crippen LogP contribution in [0.1, 0.15) is 5.56 Å². The number of pyridine rings is 2. The molecule has 0 aliphatic heterocycles. The highest BCUT2D eigenvalue weighted by molar-refractivity contribution is 7.85. The third-order valence-corrected chi connectivity index (χ3v) is 6.40. The molecule has 0 aliphatic carbocycles. The van der Waals surface area contributed by atoms with Gasteiger partial charge in [-0.15, -0.1) is 0 Å². The van der Waals surface area contributed by atoms with E-state index in [1.54, 1.807) is 23.7 Å². The average Bonchev–Trinajstić information content (AvgIpc) is 2.71. The lowest BCUT2D eigenvalue weighted by Gasteiger charge is -2.12.